The summed E-state index contributed by atoms with van der Waals surface area (Å²) in [5.41, 5.74) is 1.28. The second kappa shape index (κ2) is 7.80. The van der Waals surface area contributed by atoms with Crippen LogP contribution in [0.3, 0.4) is 0 Å². The van der Waals surface area contributed by atoms with Crippen LogP contribution in [0.15, 0.2) is 11.6 Å². The van der Waals surface area contributed by atoms with Crippen molar-refractivity contribution in [1.29, 1.82) is 0 Å². The van der Waals surface area contributed by atoms with E-state index in [-0.39, 0.29) is 23.9 Å². The number of hydrogen-bond acceptors (Lipinski definition) is 6. The van der Waals surface area contributed by atoms with Crippen LogP contribution in [0.1, 0.15) is 65.2 Å². The average molecular weight is 425 g/mol. The second-order valence-corrected chi connectivity index (χ2v) is 11.2. The smallest absolute Gasteiger partial charge is 0.323 e. The van der Waals surface area contributed by atoms with Crippen molar-refractivity contribution in [3.8, 4) is 0 Å². The van der Waals surface area contributed by atoms with E-state index < -0.39 is 21.8 Å². The monoisotopic (exact) mass is 424 g/mol. The molecule has 29 heavy (non-hydrogen) atoms. The standard InChI is InChI=1S/C22H32O6S/c1-3-27-29(25,26)13-21(24)28-20-9-8-19-18-6-4-14-12-15(23)5-7-16(14)17(18)10-11-22(19,20)2/h12,16-20H,3-11,13H2,1-2H3/t16-,17-,18+,19+,20+,22-/m0/s1. The Morgan fingerprint density at radius 2 is 1.93 bits per heavy atom. The molecule has 0 amide bonds. The molecule has 0 aromatic heterocycles. The maximum atomic E-state index is 12.3. The van der Waals surface area contributed by atoms with Gasteiger partial charge in [0, 0.05) is 11.8 Å². The highest BCUT2D eigenvalue weighted by atomic mass is 32.2. The van der Waals surface area contributed by atoms with E-state index >= 15 is 0 Å². The quantitative estimate of drug-likeness (QED) is 0.497. The number of esters is 1. The molecule has 4 rings (SSSR count). The Morgan fingerprint density at radius 1 is 1.14 bits per heavy atom. The number of carbonyl (C=O) groups is 2. The lowest BCUT2D eigenvalue weighted by molar-refractivity contribution is -0.155. The molecule has 0 radical (unpaired) electrons. The second-order valence-electron chi connectivity index (χ2n) is 9.51. The predicted molar refractivity (Wildman–Crippen MR) is 107 cm³/mol. The molecule has 0 N–H and O–H groups in total. The lowest BCUT2D eigenvalue weighted by Crippen LogP contribution is -2.48. The largest absolute Gasteiger partial charge is 0.461 e. The van der Waals surface area contributed by atoms with Gasteiger partial charge in [-0.15, -0.1) is 0 Å². The van der Waals surface area contributed by atoms with E-state index in [1.165, 1.54) is 5.57 Å². The first-order chi connectivity index (χ1) is 13.7. The third-order valence-corrected chi connectivity index (χ3v) is 9.26. The summed E-state index contributed by atoms with van der Waals surface area (Å²) in [4.78, 5) is 24.1. The molecule has 0 saturated heterocycles. The van der Waals surface area contributed by atoms with Crippen LogP contribution in [0.5, 0.6) is 0 Å². The van der Waals surface area contributed by atoms with Gasteiger partial charge in [-0.25, -0.2) is 0 Å². The van der Waals surface area contributed by atoms with E-state index in [0.717, 1.165) is 44.9 Å². The molecule has 6 nitrogen and oxygen atoms in total. The number of hydrogen-bond donors (Lipinski definition) is 0. The Hall–Kier alpha value is -1.21. The summed E-state index contributed by atoms with van der Waals surface area (Å²) in [6.07, 6.45) is 9.40. The highest BCUT2D eigenvalue weighted by molar-refractivity contribution is 7.87. The minimum absolute atomic E-state index is 0.0189. The molecule has 162 valence electrons. The Morgan fingerprint density at radius 3 is 2.69 bits per heavy atom. The summed E-state index contributed by atoms with van der Waals surface area (Å²) in [5, 5.41) is 0. The van der Waals surface area contributed by atoms with Crippen molar-refractivity contribution >= 4 is 21.9 Å². The van der Waals surface area contributed by atoms with Crippen molar-refractivity contribution in [2.24, 2.45) is 29.1 Å². The average Bonchev–Trinajstić information content (AvgIpc) is 2.97. The summed E-state index contributed by atoms with van der Waals surface area (Å²) in [5.74, 6) is 1.16. The van der Waals surface area contributed by atoms with Crippen LogP contribution in [-0.4, -0.2) is 38.6 Å². The Bertz CT molecular complexity index is 815. The number of rotatable bonds is 5. The molecule has 4 aliphatic rings. The topological polar surface area (TPSA) is 86.7 Å². The van der Waals surface area contributed by atoms with Gasteiger partial charge in [-0.2, -0.15) is 8.42 Å². The zero-order valence-electron chi connectivity index (χ0n) is 17.4. The number of ketones is 1. The molecule has 0 spiro atoms. The minimum atomic E-state index is -3.87. The van der Waals surface area contributed by atoms with Gasteiger partial charge in [0.15, 0.2) is 11.5 Å². The maximum absolute atomic E-state index is 12.3. The molecule has 0 aliphatic heterocycles. The first kappa shape index (κ1) is 21.0. The van der Waals surface area contributed by atoms with E-state index in [4.69, 9.17) is 4.74 Å². The van der Waals surface area contributed by atoms with Crippen LogP contribution in [0, 0.1) is 29.1 Å². The molecule has 0 unspecified atom stereocenters. The van der Waals surface area contributed by atoms with Crippen LogP contribution in [0.25, 0.3) is 0 Å². The summed E-state index contributed by atoms with van der Waals surface area (Å²) in [6, 6.07) is 0. The SMILES string of the molecule is CCOS(=O)(=O)CC(=O)O[C@@H]1CC[C@@H]2[C@@H]3CCC4=CC(=O)CC[C@@H]4[C@@H]3CC[C@@]21C. The number of ether oxygens (including phenoxy) is 1. The van der Waals surface area contributed by atoms with Gasteiger partial charge in [0.05, 0.1) is 6.61 Å². The van der Waals surface area contributed by atoms with E-state index in [2.05, 4.69) is 11.1 Å². The highest BCUT2D eigenvalue weighted by Gasteiger charge is 2.57. The molecular weight excluding hydrogens is 392 g/mol. The summed E-state index contributed by atoms with van der Waals surface area (Å²) in [7, 11) is -3.87. The van der Waals surface area contributed by atoms with Gasteiger partial charge in [-0.3, -0.25) is 13.8 Å². The molecule has 3 saturated carbocycles. The number of carbonyl (C=O) groups excluding carboxylic acids is 2. The zero-order valence-corrected chi connectivity index (χ0v) is 18.2. The van der Waals surface area contributed by atoms with Gasteiger partial charge in [-0.05, 0) is 81.6 Å². The normalized spacial score (nSPS) is 39.2. The van der Waals surface area contributed by atoms with Crippen molar-refractivity contribution < 1.29 is 26.9 Å². The zero-order chi connectivity index (χ0) is 20.8. The van der Waals surface area contributed by atoms with Gasteiger partial charge in [0.25, 0.3) is 10.1 Å². The molecular formula is C22H32O6S. The Kier molecular flexibility index (Phi) is 5.66. The van der Waals surface area contributed by atoms with E-state index in [0.29, 0.717) is 30.1 Å². The molecule has 7 heteroatoms. The van der Waals surface area contributed by atoms with Crippen molar-refractivity contribution in [3.63, 3.8) is 0 Å². The number of fused-ring (bicyclic) bond motifs is 5. The van der Waals surface area contributed by atoms with Crippen LogP contribution in [0.2, 0.25) is 0 Å². The lowest BCUT2D eigenvalue weighted by Gasteiger charge is -2.53. The minimum Gasteiger partial charge on any atom is -0.461 e. The van der Waals surface area contributed by atoms with Gasteiger partial charge >= 0.3 is 5.97 Å². The Labute approximate surface area is 173 Å². The van der Waals surface area contributed by atoms with E-state index in [9.17, 15) is 18.0 Å². The van der Waals surface area contributed by atoms with Gasteiger partial charge in [0.2, 0.25) is 0 Å². The lowest BCUT2D eigenvalue weighted by atomic mass is 9.52. The fourth-order valence-electron chi connectivity index (χ4n) is 6.88. The molecule has 0 aromatic carbocycles. The molecule has 0 heterocycles. The maximum Gasteiger partial charge on any atom is 0.323 e. The Balaban J connectivity index is 1.45. The third-order valence-electron chi connectivity index (χ3n) is 8.08. The molecule has 6 atom stereocenters. The van der Waals surface area contributed by atoms with Crippen molar-refractivity contribution in [2.75, 3.05) is 12.4 Å². The number of allylic oxidation sites excluding steroid dienone is 1. The van der Waals surface area contributed by atoms with Gasteiger partial charge in [0.1, 0.15) is 6.10 Å². The molecule has 3 fully saturated rings. The van der Waals surface area contributed by atoms with Crippen molar-refractivity contribution in [3.05, 3.63) is 11.6 Å². The first-order valence-electron chi connectivity index (χ1n) is 11.0. The van der Waals surface area contributed by atoms with Crippen LogP contribution in [0.4, 0.5) is 0 Å². The van der Waals surface area contributed by atoms with Gasteiger partial charge in [-0.1, -0.05) is 12.5 Å². The van der Waals surface area contributed by atoms with Gasteiger partial charge < -0.3 is 4.74 Å². The summed E-state index contributed by atoms with van der Waals surface area (Å²) >= 11 is 0. The summed E-state index contributed by atoms with van der Waals surface area (Å²) in [6.45, 7) is 3.83. The van der Waals surface area contributed by atoms with E-state index in [1.807, 2.05) is 6.08 Å². The van der Waals surface area contributed by atoms with Crippen molar-refractivity contribution in [1.82, 2.24) is 0 Å². The van der Waals surface area contributed by atoms with Crippen LogP contribution < -0.4 is 0 Å². The van der Waals surface area contributed by atoms with Crippen LogP contribution in [-0.2, 0) is 28.6 Å². The first-order valence-corrected chi connectivity index (χ1v) is 12.6. The van der Waals surface area contributed by atoms with Crippen molar-refractivity contribution in [2.45, 2.75) is 71.3 Å². The molecule has 0 aromatic rings. The molecule has 4 aliphatic carbocycles. The highest BCUT2D eigenvalue weighted by Crippen LogP contribution is 2.62. The fraction of sp³-hybridized carbons (Fsp3) is 0.818. The predicted octanol–water partition coefficient (Wildman–Crippen LogP) is 3.41. The van der Waals surface area contributed by atoms with Crippen LogP contribution >= 0.6 is 0 Å². The third kappa shape index (κ3) is 3.92. The van der Waals surface area contributed by atoms with E-state index in [1.54, 1.807) is 6.92 Å². The molecule has 0 bridgehead atoms. The fourth-order valence-corrected chi connectivity index (χ4v) is 7.68. The summed E-state index contributed by atoms with van der Waals surface area (Å²) < 4.78 is 33.9.